The lowest BCUT2D eigenvalue weighted by atomic mass is 10.1. The van der Waals surface area contributed by atoms with E-state index in [0.717, 1.165) is 12.1 Å². The molecular formula is C17H12F2N2O3S. The number of amides is 1. The van der Waals surface area contributed by atoms with E-state index in [2.05, 4.69) is 10.3 Å². The first kappa shape index (κ1) is 16.8. The molecule has 128 valence electrons. The van der Waals surface area contributed by atoms with E-state index in [0.29, 0.717) is 16.3 Å². The average Bonchev–Trinajstić information content (AvgIpc) is 3.06. The van der Waals surface area contributed by atoms with Crippen molar-refractivity contribution in [2.75, 3.05) is 0 Å². The smallest absolute Gasteiger partial charge is 0.251 e. The first-order chi connectivity index (χ1) is 11.9. The van der Waals surface area contributed by atoms with Gasteiger partial charge in [0, 0.05) is 16.5 Å². The minimum absolute atomic E-state index is 0.0131. The van der Waals surface area contributed by atoms with Crippen molar-refractivity contribution in [3.8, 4) is 22.8 Å². The molecular weight excluding hydrogens is 350 g/mol. The zero-order valence-electron chi connectivity index (χ0n) is 12.7. The molecule has 0 atom stereocenters. The minimum Gasteiger partial charge on any atom is -0.504 e. The molecule has 0 radical (unpaired) electrons. The molecule has 0 saturated carbocycles. The summed E-state index contributed by atoms with van der Waals surface area (Å²) in [5.74, 6) is -3.12. The van der Waals surface area contributed by atoms with Crippen LogP contribution in [0.2, 0.25) is 0 Å². The van der Waals surface area contributed by atoms with Gasteiger partial charge in [-0.2, -0.15) is 0 Å². The monoisotopic (exact) mass is 362 g/mol. The quantitative estimate of drug-likeness (QED) is 0.621. The van der Waals surface area contributed by atoms with Gasteiger partial charge in [-0.05, 0) is 36.4 Å². The van der Waals surface area contributed by atoms with Crippen LogP contribution in [-0.4, -0.2) is 21.1 Å². The number of carbonyl (C=O) groups excluding carboxylic acids is 1. The molecule has 1 amide bonds. The van der Waals surface area contributed by atoms with E-state index >= 15 is 0 Å². The third kappa shape index (κ3) is 3.74. The number of aromatic hydroxyl groups is 2. The number of carbonyl (C=O) groups is 1. The minimum atomic E-state index is -1.09. The van der Waals surface area contributed by atoms with Crippen molar-refractivity contribution in [3.05, 3.63) is 64.0 Å². The molecule has 0 fully saturated rings. The molecule has 0 aliphatic carbocycles. The first-order valence-electron chi connectivity index (χ1n) is 7.14. The van der Waals surface area contributed by atoms with E-state index in [9.17, 15) is 23.8 Å². The summed E-state index contributed by atoms with van der Waals surface area (Å²) in [5, 5.41) is 23.8. The normalized spacial score (nSPS) is 10.6. The van der Waals surface area contributed by atoms with Crippen LogP contribution in [0.3, 0.4) is 0 Å². The lowest BCUT2D eigenvalue weighted by Gasteiger charge is -2.04. The number of halogens is 2. The highest BCUT2D eigenvalue weighted by atomic mass is 32.1. The summed E-state index contributed by atoms with van der Waals surface area (Å²) in [4.78, 5) is 16.3. The molecule has 0 saturated heterocycles. The van der Waals surface area contributed by atoms with Crippen molar-refractivity contribution < 1.29 is 23.8 Å². The lowest BCUT2D eigenvalue weighted by molar-refractivity contribution is 0.0950. The predicted octanol–water partition coefficient (Wildman–Crippen LogP) is 3.43. The molecule has 3 rings (SSSR count). The molecule has 0 aliphatic heterocycles. The number of nitrogens with zero attached hydrogens (tertiary/aromatic N) is 1. The van der Waals surface area contributed by atoms with E-state index in [-0.39, 0.29) is 23.6 Å². The Hall–Kier alpha value is -3.00. The van der Waals surface area contributed by atoms with Crippen molar-refractivity contribution >= 4 is 17.2 Å². The van der Waals surface area contributed by atoms with Crippen LogP contribution < -0.4 is 5.32 Å². The van der Waals surface area contributed by atoms with Gasteiger partial charge in [0.25, 0.3) is 5.91 Å². The SMILES string of the molecule is O=C(NCc1nc(-c2ccc(O)c(O)c2)cs1)c1ccc(F)c(F)c1. The van der Waals surface area contributed by atoms with Gasteiger partial charge in [-0.3, -0.25) is 4.79 Å². The molecule has 5 nitrogen and oxygen atoms in total. The van der Waals surface area contributed by atoms with Gasteiger partial charge < -0.3 is 15.5 Å². The summed E-state index contributed by atoms with van der Waals surface area (Å²) in [5.41, 5.74) is 1.21. The fourth-order valence-electron chi connectivity index (χ4n) is 2.10. The van der Waals surface area contributed by atoms with Crippen LogP contribution in [0.1, 0.15) is 15.4 Å². The highest BCUT2D eigenvalue weighted by Crippen LogP contribution is 2.31. The number of hydrogen-bond donors (Lipinski definition) is 3. The van der Waals surface area contributed by atoms with E-state index in [1.807, 2.05) is 0 Å². The maximum atomic E-state index is 13.2. The Morgan fingerprint density at radius 2 is 1.88 bits per heavy atom. The van der Waals surface area contributed by atoms with Gasteiger partial charge in [-0.15, -0.1) is 11.3 Å². The zero-order chi connectivity index (χ0) is 18.0. The van der Waals surface area contributed by atoms with Crippen LogP contribution >= 0.6 is 11.3 Å². The standard InChI is InChI=1S/C17H12F2N2O3S/c18-11-3-1-10(5-12(11)19)17(24)20-7-16-21-13(8-25-16)9-2-4-14(22)15(23)6-9/h1-6,8,22-23H,7H2,(H,20,24). The summed E-state index contributed by atoms with van der Waals surface area (Å²) < 4.78 is 26.0. The zero-order valence-corrected chi connectivity index (χ0v) is 13.5. The Bertz CT molecular complexity index is 943. The van der Waals surface area contributed by atoms with Gasteiger partial charge in [0.05, 0.1) is 12.2 Å². The highest BCUT2D eigenvalue weighted by molar-refractivity contribution is 7.09. The van der Waals surface area contributed by atoms with E-state index in [4.69, 9.17) is 0 Å². The molecule has 3 N–H and O–H groups in total. The highest BCUT2D eigenvalue weighted by Gasteiger charge is 2.11. The van der Waals surface area contributed by atoms with Gasteiger partial charge in [0.15, 0.2) is 23.1 Å². The fourth-order valence-corrected chi connectivity index (χ4v) is 2.85. The van der Waals surface area contributed by atoms with Gasteiger partial charge in [-0.1, -0.05) is 0 Å². The number of phenols is 2. The number of aromatic nitrogens is 1. The number of hydrogen-bond acceptors (Lipinski definition) is 5. The van der Waals surface area contributed by atoms with Crippen LogP contribution in [0.5, 0.6) is 11.5 Å². The van der Waals surface area contributed by atoms with E-state index < -0.39 is 17.5 Å². The molecule has 0 aliphatic rings. The maximum Gasteiger partial charge on any atom is 0.251 e. The van der Waals surface area contributed by atoms with E-state index in [1.54, 1.807) is 11.4 Å². The number of nitrogens with one attached hydrogen (secondary N) is 1. The third-order valence-corrected chi connectivity index (χ3v) is 4.25. The van der Waals surface area contributed by atoms with Crippen molar-refractivity contribution in [1.82, 2.24) is 10.3 Å². The number of rotatable bonds is 4. The predicted molar refractivity (Wildman–Crippen MR) is 88.4 cm³/mol. The van der Waals surface area contributed by atoms with Crippen LogP contribution in [0, 0.1) is 11.6 Å². The molecule has 8 heteroatoms. The lowest BCUT2D eigenvalue weighted by Crippen LogP contribution is -2.22. The Balaban J connectivity index is 1.68. The molecule has 3 aromatic rings. The molecule has 0 unspecified atom stereocenters. The number of thiazole rings is 1. The summed E-state index contributed by atoms with van der Waals surface area (Å²) in [6, 6.07) is 7.26. The molecule has 2 aromatic carbocycles. The second-order valence-electron chi connectivity index (χ2n) is 5.14. The summed E-state index contributed by atoms with van der Waals surface area (Å²) in [6.45, 7) is 0.118. The Morgan fingerprint density at radius 3 is 2.60 bits per heavy atom. The number of benzene rings is 2. The molecule has 1 heterocycles. The first-order valence-corrected chi connectivity index (χ1v) is 8.02. The Morgan fingerprint density at radius 1 is 1.08 bits per heavy atom. The third-order valence-electron chi connectivity index (χ3n) is 3.40. The van der Waals surface area contributed by atoms with Crippen LogP contribution in [0.25, 0.3) is 11.3 Å². The second-order valence-corrected chi connectivity index (χ2v) is 6.08. The number of phenolic OH excluding ortho intramolecular Hbond substituents is 2. The summed E-state index contributed by atoms with van der Waals surface area (Å²) >= 11 is 1.29. The fraction of sp³-hybridized carbons (Fsp3) is 0.0588. The molecule has 25 heavy (non-hydrogen) atoms. The molecule has 0 spiro atoms. The van der Waals surface area contributed by atoms with Gasteiger partial charge in [0.1, 0.15) is 5.01 Å². The van der Waals surface area contributed by atoms with Crippen LogP contribution in [0.15, 0.2) is 41.8 Å². The van der Waals surface area contributed by atoms with Gasteiger partial charge >= 0.3 is 0 Å². The largest absolute Gasteiger partial charge is 0.504 e. The van der Waals surface area contributed by atoms with E-state index in [1.165, 1.54) is 29.5 Å². The summed E-state index contributed by atoms with van der Waals surface area (Å²) in [7, 11) is 0. The molecule has 0 bridgehead atoms. The second kappa shape index (κ2) is 6.86. The maximum absolute atomic E-state index is 13.2. The van der Waals surface area contributed by atoms with Crippen molar-refractivity contribution in [3.63, 3.8) is 0 Å². The topological polar surface area (TPSA) is 82.5 Å². The van der Waals surface area contributed by atoms with Crippen LogP contribution in [-0.2, 0) is 6.54 Å². The Kier molecular flexibility index (Phi) is 4.62. The summed E-state index contributed by atoms with van der Waals surface area (Å²) in [6.07, 6.45) is 0. The van der Waals surface area contributed by atoms with Gasteiger partial charge in [-0.25, -0.2) is 13.8 Å². The van der Waals surface area contributed by atoms with Gasteiger partial charge in [0.2, 0.25) is 0 Å². The average molecular weight is 362 g/mol. The Labute approximate surface area is 145 Å². The molecule has 1 aromatic heterocycles. The van der Waals surface area contributed by atoms with Crippen molar-refractivity contribution in [1.29, 1.82) is 0 Å². The van der Waals surface area contributed by atoms with Crippen LogP contribution in [0.4, 0.5) is 8.78 Å². The van der Waals surface area contributed by atoms with Crippen molar-refractivity contribution in [2.45, 2.75) is 6.54 Å². The van der Waals surface area contributed by atoms with Crippen molar-refractivity contribution in [2.24, 2.45) is 0 Å².